The van der Waals surface area contributed by atoms with Crippen molar-refractivity contribution in [3.05, 3.63) is 32.7 Å². The molecule has 1 N–H and O–H groups in total. The van der Waals surface area contributed by atoms with Crippen molar-refractivity contribution in [3.63, 3.8) is 0 Å². The number of anilines is 1. The number of hydrogen-bond acceptors (Lipinski definition) is 7. The van der Waals surface area contributed by atoms with Crippen molar-refractivity contribution < 1.29 is 14.6 Å². The van der Waals surface area contributed by atoms with Crippen LogP contribution in [0.4, 0.5) is 10.7 Å². The maximum Gasteiger partial charge on any atom is 0.407 e. The molecule has 14 heteroatoms. The Labute approximate surface area is 251 Å². The number of aromatic nitrogens is 6. The minimum atomic E-state index is -0.958. The van der Waals surface area contributed by atoms with Gasteiger partial charge in [-0.2, -0.15) is 15.2 Å². The van der Waals surface area contributed by atoms with Crippen molar-refractivity contribution in [2.45, 2.75) is 76.3 Å². The second kappa shape index (κ2) is 10.1. The van der Waals surface area contributed by atoms with Crippen LogP contribution in [0.1, 0.15) is 51.7 Å². The molecule has 1 unspecified atom stereocenters. The second-order valence-corrected chi connectivity index (χ2v) is 12.2. The standard InChI is InChI=1S/C28H32Cl2N8O4/c1-4-36-24(30)20-16(32-36)10-9-15(22(20)29)23-21-25(38(33-23)19-7-5-6-12-42-19)31-27(35(3)26(21)39)37-14-8-11-17(37)18(13-14)34(2)28(40)41/h9-10,14,17-19H,4-8,11-13H2,1-3H3,(H,40,41)/t14-,17+,18+,19?/m0/s1. The third-order valence-corrected chi connectivity index (χ3v) is 9.98. The van der Waals surface area contributed by atoms with E-state index in [1.807, 2.05) is 19.1 Å². The molecule has 7 rings (SSSR count). The van der Waals surface area contributed by atoms with E-state index in [4.69, 9.17) is 38.0 Å². The van der Waals surface area contributed by atoms with Crippen LogP contribution in [0.15, 0.2) is 16.9 Å². The molecule has 0 aliphatic carbocycles. The fourth-order valence-corrected chi connectivity index (χ4v) is 7.80. The molecular formula is C28H32Cl2N8O4. The Bertz CT molecular complexity index is 1790. The van der Waals surface area contributed by atoms with Crippen LogP contribution in [0.5, 0.6) is 0 Å². The van der Waals surface area contributed by atoms with Crippen LogP contribution in [0.2, 0.25) is 10.2 Å². The van der Waals surface area contributed by atoms with Gasteiger partial charge < -0.3 is 19.6 Å². The molecule has 6 heterocycles. The first-order valence-electron chi connectivity index (χ1n) is 14.4. The molecule has 42 heavy (non-hydrogen) atoms. The molecule has 3 aliphatic rings. The first-order valence-corrected chi connectivity index (χ1v) is 15.2. The number of halogens is 2. The SMILES string of the molecule is CCn1nc2ccc(-c3nn(C4CCCCO4)c4nc(N5[C@H]6CC[C@@H]5[C@H](N(C)C(=O)O)C6)n(C)c(=O)c34)c(Cl)c2c1Cl. The number of rotatable bonds is 5. The van der Waals surface area contributed by atoms with Gasteiger partial charge in [-0.15, -0.1) is 0 Å². The van der Waals surface area contributed by atoms with Gasteiger partial charge in [-0.25, -0.2) is 9.48 Å². The number of carboxylic acid groups (broad SMARTS) is 1. The van der Waals surface area contributed by atoms with E-state index >= 15 is 0 Å². The average molecular weight is 616 g/mol. The Morgan fingerprint density at radius 1 is 1.17 bits per heavy atom. The molecule has 1 aromatic carbocycles. The second-order valence-electron chi connectivity index (χ2n) is 11.4. The summed E-state index contributed by atoms with van der Waals surface area (Å²) >= 11 is 13.6. The van der Waals surface area contributed by atoms with E-state index in [-0.39, 0.29) is 29.9 Å². The predicted octanol–water partition coefficient (Wildman–Crippen LogP) is 4.89. The number of aryl methyl sites for hydroxylation is 1. The third-order valence-electron chi connectivity index (χ3n) is 9.21. The van der Waals surface area contributed by atoms with Crippen molar-refractivity contribution in [1.29, 1.82) is 0 Å². The lowest BCUT2D eigenvalue weighted by atomic mass is 9.95. The van der Waals surface area contributed by atoms with Crippen molar-refractivity contribution in [2.75, 3.05) is 18.6 Å². The topological polar surface area (TPSA) is 124 Å². The Morgan fingerprint density at radius 3 is 2.69 bits per heavy atom. The van der Waals surface area contributed by atoms with Crippen molar-refractivity contribution in [1.82, 2.24) is 34.0 Å². The van der Waals surface area contributed by atoms with Gasteiger partial charge in [0.15, 0.2) is 11.9 Å². The Hall–Kier alpha value is -3.35. The van der Waals surface area contributed by atoms with Crippen molar-refractivity contribution >= 4 is 57.2 Å². The molecule has 4 aromatic rings. The number of amides is 1. The maximum absolute atomic E-state index is 14.3. The highest BCUT2D eigenvalue weighted by molar-refractivity contribution is 6.43. The fourth-order valence-electron chi connectivity index (χ4n) is 7.06. The van der Waals surface area contributed by atoms with E-state index in [2.05, 4.69) is 10.00 Å². The first-order chi connectivity index (χ1) is 20.2. The number of ether oxygens (including phenoxy) is 1. The predicted molar refractivity (Wildman–Crippen MR) is 160 cm³/mol. The Balaban J connectivity index is 1.43. The summed E-state index contributed by atoms with van der Waals surface area (Å²) in [6.45, 7) is 3.13. The van der Waals surface area contributed by atoms with Crippen LogP contribution in [0.25, 0.3) is 33.2 Å². The molecule has 2 bridgehead atoms. The van der Waals surface area contributed by atoms with E-state index in [1.54, 1.807) is 28.0 Å². The lowest BCUT2D eigenvalue weighted by Crippen LogP contribution is -2.45. The minimum Gasteiger partial charge on any atom is -0.465 e. The van der Waals surface area contributed by atoms with Crippen LogP contribution in [-0.2, 0) is 18.3 Å². The summed E-state index contributed by atoms with van der Waals surface area (Å²) in [7, 11) is 3.32. The highest BCUT2D eigenvalue weighted by Gasteiger charge is 2.50. The highest BCUT2D eigenvalue weighted by Crippen LogP contribution is 2.44. The number of fused-ring (bicyclic) bond motifs is 4. The highest BCUT2D eigenvalue weighted by atomic mass is 35.5. The van der Waals surface area contributed by atoms with Gasteiger partial charge in [0.25, 0.3) is 5.56 Å². The first kappa shape index (κ1) is 27.5. The van der Waals surface area contributed by atoms with Crippen LogP contribution >= 0.6 is 23.2 Å². The molecule has 0 radical (unpaired) electrons. The number of likely N-dealkylation sites (N-methyl/N-ethyl adjacent to an activating group) is 1. The van der Waals surface area contributed by atoms with Crippen LogP contribution in [0.3, 0.4) is 0 Å². The average Bonchev–Trinajstić information content (AvgIpc) is 3.75. The Kier molecular flexibility index (Phi) is 6.63. The normalized spacial score (nSPS) is 23.9. The monoisotopic (exact) mass is 614 g/mol. The van der Waals surface area contributed by atoms with E-state index in [9.17, 15) is 14.7 Å². The van der Waals surface area contributed by atoms with E-state index < -0.39 is 6.09 Å². The summed E-state index contributed by atoms with van der Waals surface area (Å²) < 4.78 is 11.1. The van der Waals surface area contributed by atoms with Crippen LogP contribution < -0.4 is 10.5 Å². The van der Waals surface area contributed by atoms with Gasteiger partial charge in [0.1, 0.15) is 16.2 Å². The summed E-state index contributed by atoms with van der Waals surface area (Å²) in [6, 6.07) is 3.51. The maximum atomic E-state index is 14.3. The van der Waals surface area contributed by atoms with Gasteiger partial charge in [-0.3, -0.25) is 14.0 Å². The summed E-state index contributed by atoms with van der Waals surface area (Å²) in [5, 5.41) is 20.9. The zero-order valence-corrected chi connectivity index (χ0v) is 25.1. The molecule has 1 amide bonds. The zero-order valence-electron chi connectivity index (χ0n) is 23.6. The quantitative estimate of drug-likeness (QED) is 0.337. The molecule has 0 saturated carbocycles. The van der Waals surface area contributed by atoms with E-state index in [0.29, 0.717) is 68.9 Å². The summed E-state index contributed by atoms with van der Waals surface area (Å²) in [4.78, 5) is 34.7. The van der Waals surface area contributed by atoms with Crippen molar-refractivity contribution in [3.8, 4) is 11.3 Å². The molecular weight excluding hydrogens is 583 g/mol. The molecule has 3 saturated heterocycles. The van der Waals surface area contributed by atoms with Crippen LogP contribution in [-0.4, -0.2) is 77.0 Å². The molecule has 4 atom stereocenters. The van der Waals surface area contributed by atoms with Gasteiger partial charge in [-0.05, 0) is 57.6 Å². The van der Waals surface area contributed by atoms with E-state index in [0.717, 1.165) is 32.1 Å². The lowest BCUT2D eigenvalue weighted by molar-refractivity contribution is -0.0368. The Morgan fingerprint density at radius 2 is 1.98 bits per heavy atom. The van der Waals surface area contributed by atoms with Crippen LogP contribution in [0, 0.1) is 0 Å². The molecule has 3 aromatic heterocycles. The minimum absolute atomic E-state index is 0.0671. The number of carbonyl (C=O) groups is 1. The van der Waals surface area contributed by atoms with E-state index in [1.165, 1.54) is 4.90 Å². The van der Waals surface area contributed by atoms with Gasteiger partial charge in [0, 0.05) is 38.9 Å². The number of benzene rings is 1. The van der Waals surface area contributed by atoms with Gasteiger partial charge in [-0.1, -0.05) is 23.2 Å². The smallest absolute Gasteiger partial charge is 0.407 e. The third kappa shape index (κ3) is 3.95. The number of hydrogen-bond donors (Lipinski definition) is 1. The summed E-state index contributed by atoms with van der Waals surface area (Å²) in [6.07, 6.45) is 3.78. The molecule has 12 nitrogen and oxygen atoms in total. The van der Waals surface area contributed by atoms with Gasteiger partial charge in [0.05, 0.1) is 28.0 Å². The zero-order chi connectivity index (χ0) is 29.4. The van der Waals surface area contributed by atoms with Gasteiger partial charge in [0.2, 0.25) is 5.95 Å². The number of nitrogens with zero attached hydrogens (tertiary/aromatic N) is 8. The lowest BCUT2D eigenvalue weighted by Gasteiger charge is -2.30. The summed E-state index contributed by atoms with van der Waals surface area (Å²) in [5.74, 6) is 0.513. The van der Waals surface area contributed by atoms with Gasteiger partial charge >= 0.3 is 6.09 Å². The largest absolute Gasteiger partial charge is 0.465 e. The molecule has 222 valence electrons. The van der Waals surface area contributed by atoms with Crippen molar-refractivity contribution in [2.24, 2.45) is 7.05 Å². The summed E-state index contributed by atoms with van der Waals surface area (Å²) in [5.41, 5.74) is 1.81. The fraction of sp³-hybridized carbons (Fsp3) is 0.536. The molecule has 3 aliphatic heterocycles. The molecule has 0 spiro atoms. The molecule has 3 fully saturated rings.